The zero-order valence-corrected chi connectivity index (χ0v) is 18.3. The maximum absolute atomic E-state index is 12.3. The van der Waals surface area contributed by atoms with E-state index in [0.717, 1.165) is 10.0 Å². The van der Waals surface area contributed by atoms with Crippen LogP contribution in [0.15, 0.2) is 34.8 Å². The van der Waals surface area contributed by atoms with Gasteiger partial charge in [-0.05, 0) is 66.5 Å². The van der Waals surface area contributed by atoms with Crippen molar-refractivity contribution in [1.29, 1.82) is 0 Å². The summed E-state index contributed by atoms with van der Waals surface area (Å²) in [6.45, 7) is 5.20. The van der Waals surface area contributed by atoms with Gasteiger partial charge in [0.2, 0.25) is 0 Å². The van der Waals surface area contributed by atoms with Gasteiger partial charge in [-0.15, -0.1) is 0 Å². The molecule has 0 unspecified atom stereocenters. The standard InChI is InChI=1S/C20H21BrClNO5/c1-11(2)28-19-15(22)8-13(9-17(19)26-4)20(25)27-10-18(24)23-16-6-5-12(3)7-14(16)21/h5-9,11H,10H2,1-4H3,(H,23,24). The van der Waals surface area contributed by atoms with Gasteiger partial charge in [0, 0.05) is 4.47 Å². The predicted octanol–water partition coefficient (Wildman–Crippen LogP) is 5.00. The summed E-state index contributed by atoms with van der Waals surface area (Å²) in [6.07, 6.45) is -0.117. The number of methoxy groups -OCH3 is 1. The zero-order valence-electron chi connectivity index (χ0n) is 16.0. The fourth-order valence-electron chi connectivity index (χ4n) is 2.31. The SMILES string of the molecule is COc1cc(C(=O)OCC(=O)Nc2ccc(C)cc2Br)cc(Cl)c1OC(C)C. The quantitative estimate of drug-likeness (QED) is 0.576. The van der Waals surface area contributed by atoms with E-state index in [0.29, 0.717) is 17.2 Å². The average molecular weight is 471 g/mol. The van der Waals surface area contributed by atoms with Gasteiger partial charge < -0.3 is 19.5 Å². The molecule has 0 aliphatic rings. The summed E-state index contributed by atoms with van der Waals surface area (Å²) in [4.78, 5) is 24.4. The Morgan fingerprint density at radius 3 is 2.54 bits per heavy atom. The second-order valence-electron chi connectivity index (χ2n) is 6.26. The molecule has 0 fully saturated rings. The van der Waals surface area contributed by atoms with Gasteiger partial charge in [-0.2, -0.15) is 0 Å². The number of benzene rings is 2. The van der Waals surface area contributed by atoms with Crippen LogP contribution in [0.25, 0.3) is 0 Å². The first-order valence-corrected chi connectivity index (χ1v) is 9.65. The molecule has 0 spiro atoms. The van der Waals surface area contributed by atoms with E-state index in [4.69, 9.17) is 25.8 Å². The van der Waals surface area contributed by atoms with E-state index < -0.39 is 18.5 Å². The second-order valence-corrected chi connectivity index (χ2v) is 7.53. The monoisotopic (exact) mass is 469 g/mol. The smallest absolute Gasteiger partial charge is 0.338 e. The second kappa shape index (κ2) is 9.80. The Balaban J connectivity index is 2.04. The molecule has 6 nitrogen and oxygen atoms in total. The minimum Gasteiger partial charge on any atom is -0.493 e. The molecule has 0 aliphatic carbocycles. The number of carbonyl (C=O) groups is 2. The lowest BCUT2D eigenvalue weighted by Gasteiger charge is -2.16. The zero-order chi connectivity index (χ0) is 20.8. The minimum absolute atomic E-state index is 0.117. The molecule has 2 aromatic rings. The number of ether oxygens (including phenoxy) is 3. The highest BCUT2D eigenvalue weighted by molar-refractivity contribution is 9.10. The number of halogens is 2. The van der Waals surface area contributed by atoms with Crippen molar-refractivity contribution in [3.63, 3.8) is 0 Å². The topological polar surface area (TPSA) is 73.9 Å². The first kappa shape index (κ1) is 22.0. The third-order valence-electron chi connectivity index (χ3n) is 3.55. The molecule has 150 valence electrons. The summed E-state index contributed by atoms with van der Waals surface area (Å²) in [6, 6.07) is 8.37. The molecule has 1 N–H and O–H groups in total. The Bertz CT molecular complexity index is 885. The summed E-state index contributed by atoms with van der Waals surface area (Å²) in [5.41, 5.74) is 1.79. The Kier molecular flexibility index (Phi) is 7.71. The highest BCUT2D eigenvalue weighted by Crippen LogP contribution is 2.37. The maximum Gasteiger partial charge on any atom is 0.338 e. The summed E-state index contributed by atoms with van der Waals surface area (Å²) in [7, 11) is 1.45. The molecule has 28 heavy (non-hydrogen) atoms. The lowest BCUT2D eigenvalue weighted by Crippen LogP contribution is -2.21. The van der Waals surface area contributed by atoms with Crippen LogP contribution in [0.1, 0.15) is 29.8 Å². The normalized spacial score (nSPS) is 10.5. The third kappa shape index (κ3) is 5.87. The Labute approximate surface area is 177 Å². The lowest BCUT2D eigenvalue weighted by atomic mass is 10.2. The van der Waals surface area contributed by atoms with Gasteiger partial charge in [0.05, 0.1) is 29.5 Å². The van der Waals surface area contributed by atoms with Crippen molar-refractivity contribution in [3.05, 3.63) is 51.0 Å². The first-order valence-electron chi connectivity index (χ1n) is 8.48. The molecule has 0 saturated heterocycles. The molecular formula is C20H21BrClNO5. The Morgan fingerprint density at radius 1 is 1.21 bits per heavy atom. The van der Waals surface area contributed by atoms with E-state index in [-0.39, 0.29) is 16.7 Å². The summed E-state index contributed by atoms with van der Waals surface area (Å²) >= 11 is 9.58. The van der Waals surface area contributed by atoms with Gasteiger partial charge in [0.1, 0.15) is 0 Å². The number of amides is 1. The van der Waals surface area contributed by atoms with E-state index >= 15 is 0 Å². The van der Waals surface area contributed by atoms with Crippen molar-refractivity contribution in [1.82, 2.24) is 0 Å². The molecule has 0 bridgehead atoms. The van der Waals surface area contributed by atoms with Gasteiger partial charge in [-0.1, -0.05) is 17.7 Å². The van der Waals surface area contributed by atoms with Crippen LogP contribution in [0.3, 0.4) is 0 Å². The molecule has 0 aromatic heterocycles. The highest BCUT2D eigenvalue weighted by atomic mass is 79.9. The molecule has 0 saturated carbocycles. The number of rotatable bonds is 7. The van der Waals surface area contributed by atoms with Crippen molar-refractivity contribution in [2.24, 2.45) is 0 Å². The van der Waals surface area contributed by atoms with Crippen molar-refractivity contribution < 1.29 is 23.8 Å². The van der Waals surface area contributed by atoms with Crippen molar-refractivity contribution in [2.45, 2.75) is 26.9 Å². The van der Waals surface area contributed by atoms with Crippen LogP contribution in [-0.2, 0) is 9.53 Å². The third-order valence-corrected chi connectivity index (χ3v) is 4.49. The van der Waals surface area contributed by atoms with Crippen LogP contribution in [-0.4, -0.2) is 31.7 Å². The molecular weight excluding hydrogens is 450 g/mol. The van der Waals surface area contributed by atoms with E-state index in [9.17, 15) is 9.59 Å². The van der Waals surface area contributed by atoms with E-state index in [1.54, 1.807) is 6.07 Å². The van der Waals surface area contributed by atoms with Gasteiger partial charge in [-0.3, -0.25) is 4.79 Å². The first-order chi connectivity index (χ1) is 13.2. The van der Waals surface area contributed by atoms with Gasteiger partial charge in [0.25, 0.3) is 5.91 Å². The Morgan fingerprint density at radius 2 is 1.93 bits per heavy atom. The fraction of sp³-hybridized carbons (Fsp3) is 0.300. The summed E-state index contributed by atoms with van der Waals surface area (Å²) < 4.78 is 16.7. The van der Waals surface area contributed by atoms with Crippen LogP contribution < -0.4 is 14.8 Å². The van der Waals surface area contributed by atoms with E-state index in [1.807, 2.05) is 32.9 Å². The van der Waals surface area contributed by atoms with Crippen LogP contribution in [0.2, 0.25) is 5.02 Å². The summed E-state index contributed by atoms with van der Waals surface area (Å²) in [5, 5.41) is 2.89. The number of nitrogens with one attached hydrogen (secondary N) is 1. The van der Waals surface area contributed by atoms with Crippen LogP contribution in [0, 0.1) is 6.92 Å². The van der Waals surface area contributed by atoms with E-state index in [2.05, 4.69) is 21.2 Å². The largest absolute Gasteiger partial charge is 0.493 e. The molecule has 2 rings (SSSR count). The van der Waals surface area contributed by atoms with Crippen LogP contribution in [0.4, 0.5) is 5.69 Å². The molecule has 0 atom stereocenters. The number of hydrogen-bond donors (Lipinski definition) is 1. The minimum atomic E-state index is -0.700. The molecule has 1 amide bonds. The summed E-state index contributed by atoms with van der Waals surface area (Å²) in [5.74, 6) is -0.510. The molecule has 2 aromatic carbocycles. The number of carbonyl (C=O) groups excluding carboxylic acids is 2. The number of hydrogen-bond acceptors (Lipinski definition) is 5. The van der Waals surface area contributed by atoms with Crippen molar-refractivity contribution in [2.75, 3.05) is 19.0 Å². The average Bonchev–Trinajstić information content (AvgIpc) is 2.63. The highest BCUT2D eigenvalue weighted by Gasteiger charge is 2.18. The number of aryl methyl sites for hydroxylation is 1. The van der Waals surface area contributed by atoms with Crippen molar-refractivity contribution >= 4 is 45.1 Å². The molecule has 0 heterocycles. The van der Waals surface area contributed by atoms with Gasteiger partial charge in [-0.25, -0.2) is 4.79 Å². The molecule has 0 aliphatic heterocycles. The van der Waals surface area contributed by atoms with Crippen LogP contribution >= 0.6 is 27.5 Å². The van der Waals surface area contributed by atoms with Crippen molar-refractivity contribution in [3.8, 4) is 11.5 Å². The lowest BCUT2D eigenvalue weighted by molar-refractivity contribution is -0.119. The predicted molar refractivity (Wildman–Crippen MR) is 112 cm³/mol. The van der Waals surface area contributed by atoms with Gasteiger partial charge >= 0.3 is 5.97 Å². The number of esters is 1. The van der Waals surface area contributed by atoms with Gasteiger partial charge in [0.15, 0.2) is 18.1 Å². The van der Waals surface area contributed by atoms with E-state index in [1.165, 1.54) is 19.2 Å². The van der Waals surface area contributed by atoms with Crippen LogP contribution in [0.5, 0.6) is 11.5 Å². The fourth-order valence-corrected chi connectivity index (χ4v) is 3.16. The molecule has 8 heteroatoms. The molecule has 0 radical (unpaired) electrons. The number of anilines is 1. The Hall–Kier alpha value is -2.25. The maximum atomic E-state index is 12.3.